The zero-order valence-electron chi connectivity index (χ0n) is 13.7. The number of amides is 1. The molecule has 3 rings (SSSR count). The van der Waals surface area contributed by atoms with Gasteiger partial charge in [-0.05, 0) is 37.3 Å². The molecular formula is C17H11Cl2N3O3S2. The number of nitrogens with zero attached hydrogens (tertiary/aromatic N) is 2. The first-order chi connectivity index (χ1) is 12.8. The Balaban J connectivity index is 1.86. The van der Waals surface area contributed by atoms with Gasteiger partial charge in [-0.3, -0.25) is 14.9 Å². The Bertz CT molecular complexity index is 1040. The molecule has 1 heterocycles. The van der Waals surface area contributed by atoms with Gasteiger partial charge in [0.25, 0.3) is 11.6 Å². The quantitative estimate of drug-likeness (QED) is 0.385. The molecule has 1 N–H and O–H groups in total. The zero-order valence-corrected chi connectivity index (χ0v) is 16.9. The molecule has 0 radical (unpaired) electrons. The van der Waals surface area contributed by atoms with Crippen molar-refractivity contribution in [2.24, 2.45) is 0 Å². The van der Waals surface area contributed by atoms with E-state index in [1.54, 1.807) is 12.1 Å². The molecule has 0 saturated carbocycles. The van der Waals surface area contributed by atoms with Crippen molar-refractivity contribution >= 4 is 63.6 Å². The number of rotatable bonds is 5. The van der Waals surface area contributed by atoms with Crippen LogP contribution in [0.4, 0.5) is 11.4 Å². The van der Waals surface area contributed by atoms with Crippen LogP contribution >= 0.6 is 46.3 Å². The first-order valence-corrected chi connectivity index (χ1v) is 9.93. The largest absolute Gasteiger partial charge is 0.321 e. The van der Waals surface area contributed by atoms with Gasteiger partial charge in [0.05, 0.1) is 20.5 Å². The second kappa shape index (κ2) is 8.26. The van der Waals surface area contributed by atoms with Gasteiger partial charge in [-0.1, -0.05) is 35.0 Å². The van der Waals surface area contributed by atoms with E-state index in [2.05, 4.69) is 10.3 Å². The predicted octanol–water partition coefficient (Wildman–Crippen LogP) is 6.07. The number of hydrogen-bond acceptors (Lipinski definition) is 6. The van der Waals surface area contributed by atoms with Crippen LogP contribution in [0.3, 0.4) is 0 Å². The van der Waals surface area contributed by atoms with Crippen molar-refractivity contribution in [2.45, 2.75) is 16.2 Å². The van der Waals surface area contributed by atoms with E-state index in [1.807, 2.05) is 12.3 Å². The summed E-state index contributed by atoms with van der Waals surface area (Å²) >= 11 is 14.5. The number of anilines is 1. The Kier molecular flexibility index (Phi) is 6.01. The molecule has 0 bridgehead atoms. The van der Waals surface area contributed by atoms with E-state index >= 15 is 0 Å². The van der Waals surface area contributed by atoms with E-state index in [1.165, 1.54) is 47.4 Å². The molecule has 10 heteroatoms. The highest BCUT2D eigenvalue weighted by Crippen LogP contribution is 2.37. The molecule has 0 fully saturated rings. The third-order valence-electron chi connectivity index (χ3n) is 3.39. The van der Waals surface area contributed by atoms with Crippen LogP contribution in [0.25, 0.3) is 0 Å². The van der Waals surface area contributed by atoms with Gasteiger partial charge in [0.15, 0.2) is 4.34 Å². The second-order valence-electron chi connectivity index (χ2n) is 5.37. The number of carbonyl (C=O) groups is 1. The molecule has 0 saturated heterocycles. The Labute approximate surface area is 172 Å². The van der Waals surface area contributed by atoms with E-state index in [-0.39, 0.29) is 16.3 Å². The molecule has 0 unspecified atom stereocenters. The summed E-state index contributed by atoms with van der Waals surface area (Å²) in [6, 6.07) is 8.94. The van der Waals surface area contributed by atoms with Gasteiger partial charge in [0.2, 0.25) is 0 Å². The van der Waals surface area contributed by atoms with E-state index in [0.717, 1.165) is 5.69 Å². The van der Waals surface area contributed by atoms with Gasteiger partial charge in [-0.15, -0.1) is 11.3 Å². The lowest BCUT2D eigenvalue weighted by molar-refractivity contribution is -0.387. The predicted molar refractivity (Wildman–Crippen MR) is 108 cm³/mol. The fourth-order valence-corrected chi connectivity index (χ4v) is 4.48. The fraction of sp³-hybridized carbons (Fsp3) is 0.0588. The monoisotopic (exact) mass is 439 g/mol. The number of nitrogens with one attached hydrogen (secondary N) is 1. The average Bonchev–Trinajstić information content (AvgIpc) is 3.02. The number of halogens is 2. The summed E-state index contributed by atoms with van der Waals surface area (Å²) in [5, 5.41) is 16.7. The molecule has 0 aliphatic rings. The number of benzene rings is 2. The van der Waals surface area contributed by atoms with Gasteiger partial charge in [-0.2, -0.15) is 0 Å². The van der Waals surface area contributed by atoms with E-state index in [0.29, 0.717) is 19.9 Å². The van der Waals surface area contributed by atoms with Gasteiger partial charge in [0.1, 0.15) is 0 Å². The van der Waals surface area contributed by atoms with Crippen LogP contribution in [0.15, 0.2) is 51.0 Å². The standard InChI is InChI=1S/C17H11Cl2N3O3S2/c1-9-8-26-17(20-9)27-15-5-2-10(6-14(15)22(24)25)16(23)21-13-4-3-11(18)7-12(13)19/h2-8H,1H3,(H,21,23). The third kappa shape index (κ3) is 4.78. The summed E-state index contributed by atoms with van der Waals surface area (Å²) < 4.78 is 0.695. The highest BCUT2D eigenvalue weighted by molar-refractivity contribution is 8.01. The van der Waals surface area contributed by atoms with Gasteiger partial charge < -0.3 is 5.32 Å². The molecule has 27 heavy (non-hydrogen) atoms. The Morgan fingerprint density at radius 2 is 2.04 bits per heavy atom. The van der Waals surface area contributed by atoms with Crippen molar-refractivity contribution in [2.75, 3.05) is 5.32 Å². The van der Waals surface area contributed by atoms with E-state index < -0.39 is 10.8 Å². The van der Waals surface area contributed by atoms with Crippen LogP contribution in [0.5, 0.6) is 0 Å². The van der Waals surface area contributed by atoms with Crippen molar-refractivity contribution in [3.8, 4) is 0 Å². The Morgan fingerprint density at radius 1 is 1.26 bits per heavy atom. The van der Waals surface area contributed by atoms with Crippen molar-refractivity contribution in [1.82, 2.24) is 4.98 Å². The topological polar surface area (TPSA) is 85.1 Å². The van der Waals surface area contributed by atoms with Crippen molar-refractivity contribution in [3.63, 3.8) is 0 Å². The number of hydrogen-bond donors (Lipinski definition) is 1. The van der Waals surface area contributed by atoms with Gasteiger partial charge in [0, 0.05) is 27.7 Å². The summed E-state index contributed by atoms with van der Waals surface area (Å²) in [5.41, 5.74) is 1.20. The lowest BCUT2D eigenvalue weighted by Gasteiger charge is -2.08. The molecule has 3 aromatic rings. The highest BCUT2D eigenvalue weighted by atomic mass is 35.5. The number of thiazole rings is 1. The average molecular weight is 440 g/mol. The van der Waals surface area contributed by atoms with Crippen LogP contribution in [0.1, 0.15) is 16.1 Å². The minimum atomic E-state index is -0.519. The van der Waals surface area contributed by atoms with Gasteiger partial charge >= 0.3 is 0 Å². The van der Waals surface area contributed by atoms with Crippen molar-refractivity contribution < 1.29 is 9.72 Å². The summed E-state index contributed by atoms with van der Waals surface area (Å²) in [7, 11) is 0. The van der Waals surface area contributed by atoms with Crippen molar-refractivity contribution in [3.05, 3.63) is 73.2 Å². The molecule has 0 aliphatic carbocycles. The lowest BCUT2D eigenvalue weighted by Crippen LogP contribution is -2.12. The van der Waals surface area contributed by atoms with Crippen LogP contribution in [-0.4, -0.2) is 15.8 Å². The minimum Gasteiger partial charge on any atom is -0.321 e. The lowest BCUT2D eigenvalue weighted by atomic mass is 10.2. The molecule has 0 spiro atoms. The van der Waals surface area contributed by atoms with Crippen LogP contribution in [-0.2, 0) is 0 Å². The molecule has 138 valence electrons. The smallest absolute Gasteiger partial charge is 0.284 e. The van der Waals surface area contributed by atoms with Crippen LogP contribution in [0.2, 0.25) is 10.0 Å². The minimum absolute atomic E-state index is 0.146. The first-order valence-electron chi connectivity index (χ1n) is 7.48. The van der Waals surface area contributed by atoms with Gasteiger partial charge in [-0.25, -0.2) is 4.98 Å². The second-order valence-corrected chi connectivity index (χ2v) is 8.37. The number of aromatic nitrogens is 1. The van der Waals surface area contributed by atoms with Crippen LogP contribution in [0, 0.1) is 17.0 Å². The summed E-state index contributed by atoms with van der Waals surface area (Å²) in [5.74, 6) is -0.510. The molecule has 2 aromatic carbocycles. The maximum Gasteiger partial charge on any atom is 0.284 e. The van der Waals surface area contributed by atoms with E-state index in [4.69, 9.17) is 23.2 Å². The number of aryl methyl sites for hydroxylation is 1. The number of nitro groups is 1. The fourth-order valence-electron chi connectivity index (χ4n) is 2.15. The summed E-state index contributed by atoms with van der Waals surface area (Å²) in [6.07, 6.45) is 0. The zero-order chi connectivity index (χ0) is 19.6. The third-order valence-corrected chi connectivity index (χ3v) is 6.06. The molecule has 1 amide bonds. The maximum absolute atomic E-state index is 12.5. The van der Waals surface area contributed by atoms with Crippen LogP contribution < -0.4 is 5.32 Å². The maximum atomic E-state index is 12.5. The molecule has 6 nitrogen and oxygen atoms in total. The number of carbonyl (C=O) groups excluding carboxylic acids is 1. The SMILES string of the molecule is Cc1csc(Sc2ccc(C(=O)Nc3ccc(Cl)cc3Cl)cc2[N+](=O)[O-])n1. The first kappa shape index (κ1) is 19.6. The molecule has 1 aromatic heterocycles. The summed E-state index contributed by atoms with van der Waals surface area (Å²) in [4.78, 5) is 28.1. The summed E-state index contributed by atoms with van der Waals surface area (Å²) in [6.45, 7) is 1.85. The Morgan fingerprint density at radius 3 is 2.67 bits per heavy atom. The Hall–Kier alpha value is -2.13. The normalized spacial score (nSPS) is 10.6. The van der Waals surface area contributed by atoms with E-state index in [9.17, 15) is 14.9 Å². The number of nitro benzene ring substituents is 1. The highest BCUT2D eigenvalue weighted by Gasteiger charge is 2.20. The van der Waals surface area contributed by atoms with Crippen molar-refractivity contribution in [1.29, 1.82) is 0 Å². The molecule has 0 atom stereocenters. The molecular weight excluding hydrogens is 429 g/mol. The molecule has 0 aliphatic heterocycles.